The van der Waals surface area contributed by atoms with Gasteiger partial charge in [-0.15, -0.1) is 0 Å². The number of carbonyl (C=O) groups is 1. The van der Waals surface area contributed by atoms with Crippen molar-refractivity contribution in [1.29, 1.82) is 5.26 Å². The van der Waals surface area contributed by atoms with Crippen LogP contribution in [0.4, 0.5) is 0 Å². The number of rotatable bonds is 1. The van der Waals surface area contributed by atoms with Gasteiger partial charge in [0.25, 0.3) is 0 Å². The molecule has 5 nitrogen and oxygen atoms in total. The molecule has 3 fully saturated rings. The van der Waals surface area contributed by atoms with Crippen LogP contribution in [-0.2, 0) is 14.3 Å². The third-order valence-corrected chi connectivity index (χ3v) is 4.75. The number of ether oxygens (including phenoxy) is 2. The van der Waals surface area contributed by atoms with Crippen molar-refractivity contribution in [3.63, 3.8) is 0 Å². The summed E-state index contributed by atoms with van der Waals surface area (Å²) >= 11 is 0. The van der Waals surface area contributed by atoms with Crippen LogP contribution in [0.1, 0.15) is 33.6 Å². The Balaban J connectivity index is 1.88. The molecule has 0 aromatic heterocycles. The molecule has 0 aromatic rings. The van der Waals surface area contributed by atoms with Crippen molar-refractivity contribution in [3.8, 4) is 6.07 Å². The highest BCUT2D eigenvalue weighted by atomic mass is 16.6. The summed E-state index contributed by atoms with van der Waals surface area (Å²) in [5.41, 5.74) is -1.73. The Bertz CT molecular complexity index is 463. The van der Waals surface area contributed by atoms with Crippen molar-refractivity contribution in [1.82, 2.24) is 0 Å². The minimum Gasteiger partial charge on any atom is -0.457 e. The van der Waals surface area contributed by atoms with Gasteiger partial charge in [0.2, 0.25) is 0 Å². The van der Waals surface area contributed by atoms with E-state index in [4.69, 9.17) is 9.47 Å². The molecule has 19 heavy (non-hydrogen) atoms. The number of aliphatic hydroxyl groups is 1. The third kappa shape index (κ3) is 1.56. The van der Waals surface area contributed by atoms with Gasteiger partial charge in [0.1, 0.15) is 12.2 Å². The molecule has 2 aliphatic carbocycles. The predicted octanol–water partition coefficient (Wildman–Crippen LogP) is 1.21. The van der Waals surface area contributed by atoms with Gasteiger partial charge in [-0.1, -0.05) is 0 Å². The molecule has 5 heteroatoms. The minimum atomic E-state index is -1.13. The van der Waals surface area contributed by atoms with Crippen LogP contribution in [0.25, 0.3) is 0 Å². The molecule has 1 aliphatic heterocycles. The van der Waals surface area contributed by atoms with E-state index in [1.165, 1.54) is 0 Å². The van der Waals surface area contributed by atoms with Gasteiger partial charge in [-0.3, -0.25) is 4.79 Å². The summed E-state index contributed by atoms with van der Waals surface area (Å²) in [5.74, 6) is -0.163. The second-order valence-corrected chi connectivity index (χ2v) is 6.99. The van der Waals surface area contributed by atoms with Crippen molar-refractivity contribution in [3.05, 3.63) is 0 Å². The first-order valence-corrected chi connectivity index (χ1v) is 6.78. The number of hydrogen-bond acceptors (Lipinski definition) is 5. The summed E-state index contributed by atoms with van der Waals surface area (Å²) in [5, 5.41) is 19.4. The molecular weight excluding hydrogens is 246 g/mol. The van der Waals surface area contributed by atoms with Crippen LogP contribution in [0, 0.1) is 34.5 Å². The fraction of sp³-hybridized carbons (Fsp3) is 0.857. The minimum absolute atomic E-state index is 0.00438. The first-order chi connectivity index (χ1) is 8.79. The zero-order chi connectivity index (χ0) is 14.0. The Kier molecular flexibility index (Phi) is 2.52. The number of carbonyl (C=O) groups excluding carboxylic acids is 1. The summed E-state index contributed by atoms with van der Waals surface area (Å²) in [4.78, 5) is 12.1. The molecule has 1 N–H and O–H groups in total. The van der Waals surface area contributed by atoms with Crippen molar-refractivity contribution in [2.75, 3.05) is 0 Å². The maximum atomic E-state index is 12.1. The Labute approximate surface area is 112 Å². The average molecular weight is 265 g/mol. The maximum absolute atomic E-state index is 12.1. The average Bonchev–Trinajstić information content (AvgIpc) is 2.90. The first-order valence-electron chi connectivity index (χ1n) is 6.78. The normalized spacial score (nSPS) is 47.2. The molecule has 0 amide bonds. The van der Waals surface area contributed by atoms with E-state index in [1.54, 1.807) is 20.8 Å². The molecule has 6 atom stereocenters. The van der Waals surface area contributed by atoms with Gasteiger partial charge < -0.3 is 14.6 Å². The van der Waals surface area contributed by atoms with Crippen LogP contribution in [0.3, 0.4) is 0 Å². The monoisotopic (exact) mass is 265 g/mol. The number of aliphatic hydroxyl groups excluding tert-OH is 1. The standard InChI is InChI=1S/C14H19NO4/c1-13(2,3)12(17)18-10-7-4-8-9(5-7)14(10,6-15)19-11(8)16/h7-11,16H,4-5H2,1-3H3. The Morgan fingerprint density at radius 1 is 1.47 bits per heavy atom. The number of hydrogen-bond donors (Lipinski definition) is 1. The smallest absolute Gasteiger partial charge is 0.311 e. The summed E-state index contributed by atoms with van der Waals surface area (Å²) in [6.45, 7) is 5.36. The lowest BCUT2D eigenvalue weighted by Crippen LogP contribution is -2.48. The van der Waals surface area contributed by atoms with Crippen LogP contribution in [0.15, 0.2) is 0 Å². The molecule has 2 bridgehead atoms. The van der Waals surface area contributed by atoms with Crippen molar-refractivity contribution < 1.29 is 19.4 Å². The quantitative estimate of drug-likeness (QED) is 0.721. The van der Waals surface area contributed by atoms with E-state index in [1.807, 2.05) is 0 Å². The first kappa shape index (κ1) is 12.9. The Hall–Kier alpha value is -1.12. The van der Waals surface area contributed by atoms with Crippen LogP contribution >= 0.6 is 0 Å². The summed E-state index contributed by atoms with van der Waals surface area (Å²) in [7, 11) is 0. The number of nitriles is 1. The van der Waals surface area contributed by atoms with Gasteiger partial charge in [-0.2, -0.15) is 5.26 Å². The molecule has 1 saturated heterocycles. The van der Waals surface area contributed by atoms with Gasteiger partial charge in [0.15, 0.2) is 11.9 Å². The lowest BCUT2D eigenvalue weighted by Gasteiger charge is -2.34. The SMILES string of the molecule is CC(C)(C)C(=O)OC1C2CC3C(O)OC1(C#N)C3C2. The molecule has 0 spiro atoms. The highest BCUT2D eigenvalue weighted by Crippen LogP contribution is 2.62. The van der Waals surface area contributed by atoms with Crippen molar-refractivity contribution in [2.24, 2.45) is 23.2 Å². The van der Waals surface area contributed by atoms with Crippen LogP contribution in [-0.4, -0.2) is 29.1 Å². The number of nitrogens with zero attached hydrogens (tertiary/aromatic N) is 1. The van der Waals surface area contributed by atoms with Crippen molar-refractivity contribution >= 4 is 5.97 Å². The van der Waals surface area contributed by atoms with E-state index in [-0.39, 0.29) is 23.7 Å². The van der Waals surface area contributed by atoms with Crippen LogP contribution in [0.2, 0.25) is 0 Å². The molecular formula is C14H19NO4. The second-order valence-electron chi connectivity index (χ2n) is 6.99. The van der Waals surface area contributed by atoms with Crippen LogP contribution < -0.4 is 0 Å². The molecule has 3 rings (SSSR count). The summed E-state index contributed by atoms with van der Waals surface area (Å²) in [6.07, 6.45) is 0.143. The lowest BCUT2D eigenvalue weighted by molar-refractivity contribution is -0.185. The number of esters is 1. The van der Waals surface area contributed by atoms with E-state index in [2.05, 4.69) is 6.07 Å². The molecule has 0 aromatic carbocycles. The molecule has 0 radical (unpaired) electrons. The van der Waals surface area contributed by atoms with Gasteiger partial charge in [0, 0.05) is 17.8 Å². The highest BCUT2D eigenvalue weighted by Gasteiger charge is 2.72. The fourth-order valence-electron chi connectivity index (χ4n) is 3.82. The maximum Gasteiger partial charge on any atom is 0.311 e. The van der Waals surface area contributed by atoms with E-state index < -0.39 is 23.4 Å². The van der Waals surface area contributed by atoms with E-state index in [0.717, 1.165) is 12.8 Å². The predicted molar refractivity (Wildman–Crippen MR) is 64.5 cm³/mol. The third-order valence-electron chi connectivity index (χ3n) is 4.75. The van der Waals surface area contributed by atoms with Gasteiger partial charge >= 0.3 is 5.97 Å². The summed E-state index contributed by atoms with van der Waals surface area (Å²) < 4.78 is 11.1. The Morgan fingerprint density at radius 3 is 2.74 bits per heavy atom. The van der Waals surface area contributed by atoms with E-state index >= 15 is 0 Å². The zero-order valence-corrected chi connectivity index (χ0v) is 11.4. The van der Waals surface area contributed by atoms with E-state index in [9.17, 15) is 15.2 Å². The topological polar surface area (TPSA) is 79.6 Å². The molecule has 6 unspecified atom stereocenters. The molecule has 104 valence electrons. The van der Waals surface area contributed by atoms with Crippen LogP contribution in [0.5, 0.6) is 0 Å². The summed E-state index contributed by atoms with van der Waals surface area (Å²) in [6, 6.07) is 2.18. The largest absolute Gasteiger partial charge is 0.457 e. The fourth-order valence-corrected chi connectivity index (χ4v) is 3.82. The zero-order valence-electron chi connectivity index (χ0n) is 11.4. The van der Waals surface area contributed by atoms with Gasteiger partial charge in [-0.05, 0) is 33.6 Å². The highest BCUT2D eigenvalue weighted by molar-refractivity contribution is 5.75. The Morgan fingerprint density at radius 2 is 2.16 bits per heavy atom. The van der Waals surface area contributed by atoms with Gasteiger partial charge in [-0.25, -0.2) is 0 Å². The van der Waals surface area contributed by atoms with Gasteiger partial charge in [0.05, 0.1) is 5.41 Å². The lowest BCUT2D eigenvalue weighted by atomic mass is 9.78. The molecule has 2 saturated carbocycles. The second kappa shape index (κ2) is 3.71. The van der Waals surface area contributed by atoms with E-state index in [0.29, 0.717) is 0 Å². The number of fused-ring (bicyclic) bond motifs is 1. The van der Waals surface area contributed by atoms with Crippen molar-refractivity contribution in [2.45, 2.75) is 51.6 Å². The molecule has 3 aliphatic rings. The molecule has 1 heterocycles.